The lowest BCUT2D eigenvalue weighted by Gasteiger charge is -2.52. The van der Waals surface area contributed by atoms with E-state index in [2.05, 4.69) is 12.2 Å². The molecule has 0 radical (unpaired) electrons. The smallest absolute Gasteiger partial charge is 0.0192 e. The Kier molecular flexibility index (Phi) is 3.46. The number of fused-ring (bicyclic) bond motifs is 2. The van der Waals surface area contributed by atoms with Crippen LogP contribution >= 0.6 is 0 Å². The Morgan fingerprint density at radius 3 is 1.38 bits per heavy atom. The monoisotopic (exact) mass is 288 g/mol. The van der Waals surface area contributed by atoms with Crippen LogP contribution < -0.4 is 11.5 Å². The van der Waals surface area contributed by atoms with E-state index < -0.39 is 0 Å². The van der Waals surface area contributed by atoms with Gasteiger partial charge in [0, 0.05) is 11.1 Å². The second-order valence-electron chi connectivity index (χ2n) is 8.59. The van der Waals surface area contributed by atoms with Gasteiger partial charge in [0.05, 0.1) is 0 Å². The quantitative estimate of drug-likeness (QED) is 0.760. The molecule has 2 heteroatoms. The van der Waals surface area contributed by atoms with E-state index in [1.54, 1.807) is 0 Å². The molecule has 0 aromatic heterocycles. The summed E-state index contributed by atoms with van der Waals surface area (Å²) in [4.78, 5) is 0. The third-order valence-corrected chi connectivity index (χ3v) is 7.36. The van der Waals surface area contributed by atoms with Crippen molar-refractivity contribution in [3.63, 3.8) is 0 Å². The van der Waals surface area contributed by atoms with Crippen LogP contribution in [0.3, 0.4) is 0 Å². The first-order chi connectivity index (χ1) is 10.1. The minimum Gasteiger partial charge on any atom is -0.325 e. The molecule has 4 rings (SSSR count). The third-order valence-electron chi connectivity index (χ3n) is 7.36. The Bertz CT molecular complexity index is 377. The minimum atomic E-state index is 0.0803. The summed E-state index contributed by atoms with van der Waals surface area (Å²) >= 11 is 0. The van der Waals surface area contributed by atoms with Crippen molar-refractivity contribution in [2.45, 2.75) is 81.7 Å². The van der Waals surface area contributed by atoms with Gasteiger partial charge in [0.1, 0.15) is 0 Å². The van der Waals surface area contributed by atoms with Crippen molar-refractivity contribution in [2.24, 2.45) is 35.1 Å². The molecule has 2 nitrogen and oxygen atoms in total. The molecule has 0 saturated heterocycles. The van der Waals surface area contributed by atoms with Gasteiger partial charge in [-0.3, -0.25) is 0 Å². The van der Waals surface area contributed by atoms with Gasteiger partial charge in [0.15, 0.2) is 0 Å². The molecular weight excluding hydrogens is 256 g/mol. The lowest BCUT2D eigenvalue weighted by atomic mass is 9.58. The Balaban J connectivity index is 1.66. The van der Waals surface area contributed by atoms with Gasteiger partial charge in [-0.1, -0.05) is 50.7 Å². The van der Waals surface area contributed by atoms with Crippen LogP contribution in [0.5, 0.6) is 0 Å². The van der Waals surface area contributed by atoms with E-state index in [-0.39, 0.29) is 11.1 Å². The number of hydrogen-bond acceptors (Lipinski definition) is 2. The summed E-state index contributed by atoms with van der Waals surface area (Å²) in [6.07, 6.45) is 19.4. The van der Waals surface area contributed by atoms with Crippen molar-refractivity contribution in [1.29, 1.82) is 0 Å². The molecule has 4 aliphatic rings. The van der Waals surface area contributed by atoms with Crippen molar-refractivity contribution in [3.8, 4) is 0 Å². The summed E-state index contributed by atoms with van der Waals surface area (Å²) in [5, 5.41) is 0. The van der Waals surface area contributed by atoms with Crippen LogP contribution in [-0.2, 0) is 0 Å². The average Bonchev–Trinajstić information content (AvgIpc) is 3.10. The van der Waals surface area contributed by atoms with Crippen LogP contribution in [0.2, 0.25) is 0 Å². The summed E-state index contributed by atoms with van der Waals surface area (Å²) in [6, 6.07) is 0. The number of allylic oxidation sites excluding steroid dienone is 2. The van der Waals surface area contributed by atoms with Gasteiger partial charge in [-0.15, -0.1) is 0 Å². The maximum Gasteiger partial charge on any atom is 0.0192 e. The van der Waals surface area contributed by atoms with Crippen molar-refractivity contribution < 1.29 is 0 Å². The molecule has 3 fully saturated rings. The third kappa shape index (κ3) is 2.21. The Morgan fingerprint density at radius 1 is 0.619 bits per heavy atom. The zero-order valence-corrected chi connectivity index (χ0v) is 13.4. The highest BCUT2D eigenvalue weighted by molar-refractivity contribution is 5.22. The van der Waals surface area contributed by atoms with Crippen LogP contribution in [0.1, 0.15) is 70.6 Å². The first-order valence-corrected chi connectivity index (χ1v) is 9.39. The molecule has 4 aliphatic carbocycles. The fourth-order valence-electron chi connectivity index (χ4n) is 6.48. The first-order valence-electron chi connectivity index (χ1n) is 9.39. The predicted octanol–water partition coefficient (Wildman–Crippen LogP) is 3.75. The summed E-state index contributed by atoms with van der Waals surface area (Å²) in [7, 11) is 0. The van der Waals surface area contributed by atoms with Gasteiger partial charge in [-0.05, 0) is 55.8 Å². The second kappa shape index (κ2) is 5.09. The minimum absolute atomic E-state index is 0.0803. The highest BCUT2D eigenvalue weighted by Gasteiger charge is 2.58. The summed E-state index contributed by atoms with van der Waals surface area (Å²) in [5.41, 5.74) is 14.2. The van der Waals surface area contributed by atoms with E-state index in [9.17, 15) is 0 Å². The second-order valence-corrected chi connectivity index (χ2v) is 8.59. The molecule has 4 atom stereocenters. The summed E-state index contributed by atoms with van der Waals surface area (Å²) in [5.74, 6) is 2.78. The van der Waals surface area contributed by atoms with E-state index in [1.165, 1.54) is 70.6 Å². The van der Waals surface area contributed by atoms with Crippen molar-refractivity contribution in [2.75, 3.05) is 0 Å². The number of hydrogen-bond donors (Lipinski definition) is 2. The molecule has 0 aromatic rings. The van der Waals surface area contributed by atoms with Crippen molar-refractivity contribution in [3.05, 3.63) is 12.2 Å². The van der Waals surface area contributed by atoms with E-state index >= 15 is 0 Å². The highest BCUT2D eigenvalue weighted by atomic mass is 14.9. The predicted molar refractivity (Wildman–Crippen MR) is 87.7 cm³/mol. The van der Waals surface area contributed by atoms with Crippen LogP contribution in [0, 0.1) is 23.7 Å². The van der Waals surface area contributed by atoms with Crippen LogP contribution in [0.15, 0.2) is 12.2 Å². The molecule has 0 heterocycles. The van der Waals surface area contributed by atoms with Crippen LogP contribution in [-0.4, -0.2) is 11.1 Å². The Hall–Kier alpha value is -0.340. The molecule has 21 heavy (non-hydrogen) atoms. The normalized spacial score (nSPS) is 44.1. The fourth-order valence-corrected chi connectivity index (χ4v) is 6.48. The Morgan fingerprint density at radius 2 is 1.00 bits per heavy atom. The first kappa shape index (κ1) is 14.3. The van der Waals surface area contributed by atoms with Crippen molar-refractivity contribution >= 4 is 0 Å². The number of nitrogens with two attached hydrogens (primary N) is 2. The van der Waals surface area contributed by atoms with Gasteiger partial charge < -0.3 is 11.5 Å². The lowest BCUT2D eigenvalue weighted by Crippen LogP contribution is -2.60. The number of rotatable bonds is 2. The molecule has 0 aliphatic heterocycles. The molecule has 0 spiro atoms. The highest BCUT2D eigenvalue weighted by Crippen LogP contribution is 2.59. The maximum absolute atomic E-state index is 7.02. The van der Waals surface area contributed by atoms with Crippen LogP contribution in [0.25, 0.3) is 0 Å². The van der Waals surface area contributed by atoms with E-state index in [1.807, 2.05) is 0 Å². The summed E-state index contributed by atoms with van der Waals surface area (Å²) in [6.45, 7) is 0. The largest absolute Gasteiger partial charge is 0.325 e. The molecule has 0 aromatic carbocycles. The standard InChI is InChI=1S/C19H32N2/c20-18(9-3-1-4-10-18)16-14-7-8-15(13-14)17(16)19(21)11-5-2-6-12-19/h7-8,14-17H,1-6,9-13,20-21H2. The fraction of sp³-hybridized carbons (Fsp3) is 0.895. The van der Waals surface area contributed by atoms with Gasteiger partial charge in [-0.25, -0.2) is 0 Å². The van der Waals surface area contributed by atoms with Crippen molar-refractivity contribution in [1.82, 2.24) is 0 Å². The van der Waals surface area contributed by atoms with Gasteiger partial charge in [0.2, 0.25) is 0 Å². The summed E-state index contributed by atoms with van der Waals surface area (Å²) < 4.78 is 0. The average molecular weight is 288 g/mol. The molecular formula is C19H32N2. The lowest BCUT2D eigenvalue weighted by molar-refractivity contribution is 0.0561. The Labute approximate surface area is 129 Å². The molecule has 3 saturated carbocycles. The van der Waals surface area contributed by atoms with Gasteiger partial charge >= 0.3 is 0 Å². The van der Waals surface area contributed by atoms with Gasteiger partial charge in [-0.2, -0.15) is 0 Å². The molecule has 118 valence electrons. The van der Waals surface area contributed by atoms with Crippen LogP contribution in [0.4, 0.5) is 0 Å². The molecule has 0 amide bonds. The topological polar surface area (TPSA) is 52.0 Å². The maximum atomic E-state index is 7.02. The molecule has 2 bridgehead atoms. The van der Waals surface area contributed by atoms with Gasteiger partial charge in [0.25, 0.3) is 0 Å². The van der Waals surface area contributed by atoms with E-state index in [4.69, 9.17) is 11.5 Å². The van der Waals surface area contributed by atoms with E-state index in [0.29, 0.717) is 11.8 Å². The zero-order chi connectivity index (χ0) is 14.5. The van der Waals surface area contributed by atoms with E-state index in [0.717, 1.165) is 11.8 Å². The molecule has 4 N–H and O–H groups in total. The zero-order valence-electron chi connectivity index (χ0n) is 13.4. The molecule has 4 unspecified atom stereocenters. The SMILES string of the molecule is NC1(C2C3C=CC(C3)C2C2(N)CCCCC2)CCCCC1.